The summed E-state index contributed by atoms with van der Waals surface area (Å²) in [5.74, 6) is -0.181. The smallest absolute Gasteiger partial charge is 0.171 e. The van der Waals surface area contributed by atoms with Gasteiger partial charge in [-0.1, -0.05) is 0 Å². The standard InChI is InChI=1S/C7H9FN/c1-2-9-5-3-7(8)4-6-9/h3-6H,2H2,1H3/q+1. The van der Waals surface area contributed by atoms with Crippen LogP contribution in [0.4, 0.5) is 4.39 Å². The number of aryl methyl sites for hydroxylation is 1. The van der Waals surface area contributed by atoms with Crippen molar-refractivity contribution in [3.05, 3.63) is 30.3 Å². The van der Waals surface area contributed by atoms with E-state index in [-0.39, 0.29) is 5.82 Å². The Morgan fingerprint density at radius 1 is 1.44 bits per heavy atom. The first-order valence-electron chi connectivity index (χ1n) is 2.97. The molecule has 1 heterocycles. The molecule has 0 saturated carbocycles. The molecular formula is C7H9FN+. The van der Waals surface area contributed by atoms with E-state index in [2.05, 4.69) is 0 Å². The highest BCUT2D eigenvalue weighted by Crippen LogP contribution is 1.88. The number of halogens is 1. The van der Waals surface area contributed by atoms with Crippen molar-refractivity contribution in [1.82, 2.24) is 0 Å². The molecule has 1 nitrogen and oxygen atoms in total. The lowest BCUT2D eigenvalue weighted by molar-refractivity contribution is -0.693. The summed E-state index contributed by atoms with van der Waals surface area (Å²) in [5, 5.41) is 0. The first kappa shape index (κ1) is 6.20. The van der Waals surface area contributed by atoms with Gasteiger partial charge in [-0.2, -0.15) is 0 Å². The average molecular weight is 126 g/mol. The molecule has 0 bridgehead atoms. The van der Waals surface area contributed by atoms with Gasteiger partial charge in [0.05, 0.1) is 0 Å². The van der Waals surface area contributed by atoms with Crippen LogP contribution in [0.3, 0.4) is 0 Å². The van der Waals surface area contributed by atoms with Gasteiger partial charge in [-0.15, -0.1) is 0 Å². The molecule has 0 N–H and O–H groups in total. The number of hydrogen-bond acceptors (Lipinski definition) is 0. The fourth-order valence-corrected chi connectivity index (χ4v) is 0.650. The minimum absolute atomic E-state index is 0.181. The molecule has 1 aromatic heterocycles. The van der Waals surface area contributed by atoms with Crippen molar-refractivity contribution in [2.75, 3.05) is 0 Å². The van der Waals surface area contributed by atoms with Gasteiger partial charge in [-0.05, 0) is 6.92 Å². The van der Waals surface area contributed by atoms with Crippen molar-refractivity contribution in [3.63, 3.8) is 0 Å². The Balaban J connectivity index is 2.88. The molecule has 48 valence electrons. The van der Waals surface area contributed by atoms with E-state index >= 15 is 0 Å². The number of hydrogen-bond donors (Lipinski definition) is 0. The van der Waals surface area contributed by atoms with Crippen LogP contribution >= 0.6 is 0 Å². The van der Waals surface area contributed by atoms with Crippen molar-refractivity contribution < 1.29 is 8.96 Å². The Bertz CT molecular complexity index is 181. The molecule has 0 saturated heterocycles. The molecule has 2 heteroatoms. The summed E-state index contributed by atoms with van der Waals surface area (Å²) in [7, 11) is 0. The van der Waals surface area contributed by atoms with Gasteiger partial charge in [0.15, 0.2) is 12.4 Å². The van der Waals surface area contributed by atoms with Gasteiger partial charge >= 0.3 is 0 Å². The zero-order chi connectivity index (χ0) is 6.69. The Hall–Kier alpha value is -0.920. The first-order valence-corrected chi connectivity index (χ1v) is 2.97. The number of nitrogens with zero attached hydrogens (tertiary/aromatic N) is 1. The molecule has 0 radical (unpaired) electrons. The topological polar surface area (TPSA) is 3.88 Å². The van der Waals surface area contributed by atoms with Crippen molar-refractivity contribution in [1.29, 1.82) is 0 Å². The van der Waals surface area contributed by atoms with Crippen molar-refractivity contribution in [2.45, 2.75) is 13.5 Å². The second-order valence-electron chi connectivity index (χ2n) is 1.85. The second kappa shape index (κ2) is 2.58. The van der Waals surface area contributed by atoms with Crippen LogP contribution in [-0.4, -0.2) is 0 Å². The van der Waals surface area contributed by atoms with Crippen LogP contribution in [0.25, 0.3) is 0 Å². The Labute approximate surface area is 53.8 Å². The Morgan fingerprint density at radius 2 is 2.00 bits per heavy atom. The molecule has 0 aliphatic carbocycles. The summed E-state index contributed by atoms with van der Waals surface area (Å²) < 4.78 is 14.1. The molecule has 0 atom stereocenters. The van der Waals surface area contributed by atoms with E-state index < -0.39 is 0 Å². The van der Waals surface area contributed by atoms with E-state index in [1.165, 1.54) is 12.1 Å². The number of rotatable bonds is 1. The maximum Gasteiger partial charge on any atom is 0.171 e. The van der Waals surface area contributed by atoms with E-state index in [1.54, 1.807) is 12.4 Å². The fourth-order valence-electron chi connectivity index (χ4n) is 0.650. The fraction of sp³-hybridized carbons (Fsp3) is 0.286. The second-order valence-corrected chi connectivity index (χ2v) is 1.85. The van der Waals surface area contributed by atoms with Gasteiger partial charge < -0.3 is 0 Å². The van der Waals surface area contributed by atoms with Crippen LogP contribution in [0.15, 0.2) is 24.5 Å². The zero-order valence-corrected chi connectivity index (χ0v) is 5.34. The predicted octanol–water partition coefficient (Wildman–Crippen LogP) is 1.13. The quantitative estimate of drug-likeness (QED) is 0.497. The third-order valence-corrected chi connectivity index (χ3v) is 1.22. The molecule has 0 aliphatic rings. The molecule has 0 aromatic carbocycles. The summed E-state index contributed by atoms with van der Waals surface area (Å²) in [6, 6.07) is 2.90. The number of pyridine rings is 1. The van der Waals surface area contributed by atoms with Crippen molar-refractivity contribution >= 4 is 0 Å². The highest BCUT2D eigenvalue weighted by Gasteiger charge is 1.93. The SMILES string of the molecule is CC[n+]1ccc(F)cc1. The summed E-state index contributed by atoms with van der Waals surface area (Å²) >= 11 is 0. The normalized spacial score (nSPS) is 9.56. The highest BCUT2D eigenvalue weighted by atomic mass is 19.1. The van der Waals surface area contributed by atoms with E-state index in [1.807, 2.05) is 11.5 Å². The van der Waals surface area contributed by atoms with E-state index in [0.717, 1.165) is 6.54 Å². The third-order valence-electron chi connectivity index (χ3n) is 1.22. The zero-order valence-electron chi connectivity index (χ0n) is 5.34. The lowest BCUT2D eigenvalue weighted by atomic mass is 10.4. The molecule has 0 spiro atoms. The Kier molecular flexibility index (Phi) is 1.78. The van der Waals surface area contributed by atoms with Crippen LogP contribution < -0.4 is 4.57 Å². The van der Waals surface area contributed by atoms with E-state index in [0.29, 0.717) is 0 Å². The molecule has 9 heavy (non-hydrogen) atoms. The Morgan fingerprint density at radius 3 is 2.44 bits per heavy atom. The first-order chi connectivity index (χ1) is 4.33. The van der Waals surface area contributed by atoms with E-state index in [4.69, 9.17) is 0 Å². The molecule has 0 fully saturated rings. The third kappa shape index (κ3) is 1.49. The van der Waals surface area contributed by atoms with Crippen LogP contribution in [0.2, 0.25) is 0 Å². The van der Waals surface area contributed by atoms with Crippen molar-refractivity contribution in [2.24, 2.45) is 0 Å². The maximum absolute atomic E-state index is 12.2. The van der Waals surface area contributed by atoms with Gasteiger partial charge in [0.25, 0.3) is 0 Å². The van der Waals surface area contributed by atoms with Gasteiger partial charge in [0.1, 0.15) is 12.4 Å². The van der Waals surface area contributed by atoms with Gasteiger partial charge in [-0.3, -0.25) is 0 Å². The lowest BCUT2D eigenvalue weighted by Crippen LogP contribution is -2.30. The van der Waals surface area contributed by atoms with Crippen molar-refractivity contribution in [3.8, 4) is 0 Å². The minimum Gasteiger partial charge on any atom is -0.207 e. The van der Waals surface area contributed by atoms with Gasteiger partial charge in [-0.25, -0.2) is 8.96 Å². The molecule has 0 aliphatic heterocycles. The molecule has 0 unspecified atom stereocenters. The summed E-state index contributed by atoms with van der Waals surface area (Å²) in [6.45, 7) is 2.90. The summed E-state index contributed by atoms with van der Waals surface area (Å²) in [5.41, 5.74) is 0. The maximum atomic E-state index is 12.2. The molecule has 1 aromatic rings. The highest BCUT2D eigenvalue weighted by molar-refractivity contribution is 4.88. The summed E-state index contributed by atoms with van der Waals surface area (Å²) in [6.07, 6.45) is 3.44. The summed E-state index contributed by atoms with van der Waals surface area (Å²) in [4.78, 5) is 0. The largest absolute Gasteiger partial charge is 0.207 e. The number of aromatic nitrogens is 1. The van der Waals surface area contributed by atoms with Crippen LogP contribution in [-0.2, 0) is 6.54 Å². The monoisotopic (exact) mass is 126 g/mol. The van der Waals surface area contributed by atoms with Gasteiger partial charge in [0, 0.05) is 12.1 Å². The minimum atomic E-state index is -0.181. The van der Waals surface area contributed by atoms with Crippen LogP contribution in [0, 0.1) is 5.82 Å². The van der Waals surface area contributed by atoms with Crippen LogP contribution in [0.1, 0.15) is 6.92 Å². The van der Waals surface area contributed by atoms with Gasteiger partial charge in [0.2, 0.25) is 0 Å². The average Bonchev–Trinajstić information content (AvgIpc) is 1.90. The molecule has 0 amide bonds. The van der Waals surface area contributed by atoms with E-state index in [9.17, 15) is 4.39 Å². The van der Waals surface area contributed by atoms with Crippen LogP contribution in [0.5, 0.6) is 0 Å². The predicted molar refractivity (Wildman–Crippen MR) is 32.3 cm³/mol. The lowest BCUT2D eigenvalue weighted by Gasteiger charge is -1.87. The molecule has 1 rings (SSSR count). The molecular weight excluding hydrogens is 117 g/mol.